The maximum atomic E-state index is 12.2. The van der Waals surface area contributed by atoms with Crippen molar-refractivity contribution in [2.45, 2.75) is 20.3 Å². The minimum absolute atomic E-state index is 0.443. The Labute approximate surface area is 149 Å². The molecule has 0 unspecified atom stereocenters. The van der Waals surface area contributed by atoms with Gasteiger partial charge in [-0.3, -0.25) is 9.59 Å². The van der Waals surface area contributed by atoms with E-state index in [1.165, 1.54) is 4.90 Å². The number of aryl methyl sites for hydroxylation is 2. The normalized spacial score (nSPS) is 13.4. The summed E-state index contributed by atoms with van der Waals surface area (Å²) in [5.74, 6) is -0.0419. The first-order chi connectivity index (χ1) is 11.5. The van der Waals surface area contributed by atoms with E-state index in [9.17, 15) is 9.59 Å². The number of amides is 1. The highest BCUT2D eigenvalue weighted by Gasteiger charge is 2.35. The summed E-state index contributed by atoms with van der Waals surface area (Å²) in [4.78, 5) is 25.7. The van der Waals surface area contributed by atoms with Crippen molar-refractivity contribution in [3.05, 3.63) is 57.6 Å². The fourth-order valence-electron chi connectivity index (χ4n) is 2.76. The summed E-state index contributed by atoms with van der Waals surface area (Å²) in [6, 6.07) is 11.4. The van der Waals surface area contributed by atoms with Gasteiger partial charge in [0.15, 0.2) is 0 Å². The standard InChI is InChI=1S/C19H18BrNO3/c1-12-4-5-13(2)17(10-12)24-9-3-8-21-16-7-6-14(20)11-15(16)18(22)19(21)23/h4-7,10-11H,3,8-9H2,1-2H3. The average Bonchev–Trinajstić information content (AvgIpc) is 2.79. The molecule has 24 heavy (non-hydrogen) atoms. The summed E-state index contributed by atoms with van der Waals surface area (Å²) in [5, 5.41) is 0. The highest BCUT2D eigenvalue weighted by molar-refractivity contribution is 9.10. The van der Waals surface area contributed by atoms with Gasteiger partial charge in [-0.1, -0.05) is 28.1 Å². The predicted octanol–water partition coefficient (Wildman–Crippen LogP) is 4.06. The van der Waals surface area contributed by atoms with Crippen molar-refractivity contribution in [2.24, 2.45) is 0 Å². The van der Waals surface area contributed by atoms with E-state index in [1.807, 2.05) is 38.1 Å². The number of hydrogen-bond acceptors (Lipinski definition) is 3. The molecule has 5 heteroatoms. The molecule has 2 aromatic carbocycles. The second-order valence-electron chi connectivity index (χ2n) is 5.92. The molecule has 1 aliphatic heterocycles. The van der Waals surface area contributed by atoms with Crippen molar-refractivity contribution in [2.75, 3.05) is 18.1 Å². The number of anilines is 1. The van der Waals surface area contributed by atoms with Crippen LogP contribution in [0.4, 0.5) is 5.69 Å². The average molecular weight is 388 g/mol. The van der Waals surface area contributed by atoms with Crippen LogP contribution in [0.3, 0.4) is 0 Å². The van der Waals surface area contributed by atoms with Crippen molar-refractivity contribution in [3.63, 3.8) is 0 Å². The van der Waals surface area contributed by atoms with Crippen LogP contribution >= 0.6 is 15.9 Å². The van der Waals surface area contributed by atoms with Crippen molar-refractivity contribution >= 4 is 33.3 Å². The Bertz CT molecular complexity index is 816. The van der Waals surface area contributed by atoms with Crippen LogP contribution in [0, 0.1) is 13.8 Å². The van der Waals surface area contributed by atoms with Gasteiger partial charge in [-0.15, -0.1) is 0 Å². The van der Waals surface area contributed by atoms with Gasteiger partial charge in [0.05, 0.1) is 17.9 Å². The zero-order valence-electron chi connectivity index (χ0n) is 13.6. The molecule has 1 aliphatic rings. The summed E-state index contributed by atoms with van der Waals surface area (Å²) in [5.41, 5.74) is 3.38. The van der Waals surface area contributed by atoms with Crippen LogP contribution in [-0.4, -0.2) is 24.8 Å². The number of halogens is 1. The zero-order chi connectivity index (χ0) is 17.3. The molecule has 0 fully saturated rings. The van der Waals surface area contributed by atoms with Crippen molar-refractivity contribution in [3.8, 4) is 5.75 Å². The summed E-state index contributed by atoms with van der Waals surface area (Å²) in [6.07, 6.45) is 0.655. The number of fused-ring (bicyclic) bond motifs is 1. The first kappa shape index (κ1) is 16.7. The Hall–Kier alpha value is -2.14. The molecule has 4 nitrogen and oxygen atoms in total. The SMILES string of the molecule is Cc1ccc(C)c(OCCCN2C(=O)C(=O)c3cc(Br)ccc32)c1. The van der Waals surface area contributed by atoms with Gasteiger partial charge < -0.3 is 9.64 Å². The molecule has 0 saturated heterocycles. The monoisotopic (exact) mass is 387 g/mol. The van der Waals surface area contributed by atoms with Crippen LogP contribution in [0.2, 0.25) is 0 Å². The van der Waals surface area contributed by atoms with E-state index in [0.29, 0.717) is 30.8 Å². The van der Waals surface area contributed by atoms with Crippen LogP contribution in [0.25, 0.3) is 0 Å². The smallest absolute Gasteiger partial charge is 0.299 e. The van der Waals surface area contributed by atoms with Gasteiger partial charge in [0, 0.05) is 11.0 Å². The lowest BCUT2D eigenvalue weighted by molar-refractivity contribution is -0.114. The highest BCUT2D eigenvalue weighted by atomic mass is 79.9. The van der Waals surface area contributed by atoms with E-state index in [4.69, 9.17) is 4.74 Å². The maximum Gasteiger partial charge on any atom is 0.299 e. The number of hydrogen-bond donors (Lipinski definition) is 0. The summed E-state index contributed by atoms with van der Waals surface area (Å²) >= 11 is 3.33. The molecule has 0 aliphatic carbocycles. The Morgan fingerprint density at radius 3 is 2.67 bits per heavy atom. The van der Waals surface area contributed by atoms with Crippen molar-refractivity contribution in [1.82, 2.24) is 0 Å². The summed E-state index contributed by atoms with van der Waals surface area (Å²) in [6.45, 7) is 4.99. The van der Waals surface area contributed by atoms with Gasteiger partial charge in [-0.05, 0) is 55.7 Å². The molecule has 0 spiro atoms. The van der Waals surface area contributed by atoms with Crippen LogP contribution < -0.4 is 9.64 Å². The molecule has 0 saturated carbocycles. The molecule has 0 N–H and O–H groups in total. The largest absolute Gasteiger partial charge is 0.493 e. The molecule has 0 atom stereocenters. The maximum absolute atomic E-state index is 12.2. The third-order valence-electron chi connectivity index (χ3n) is 4.06. The first-order valence-corrected chi connectivity index (χ1v) is 8.62. The van der Waals surface area contributed by atoms with E-state index in [-0.39, 0.29) is 0 Å². The van der Waals surface area contributed by atoms with Crippen LogP contribution in [0.5, 0.6) is 5.75 Å². The molecule has 0 aromatic heterocycles. The minimum Gasteiger partial charge on any atom is -0.493 e. The minimum atomic E-state index is -0.463. The van der Waals surface area contributed by atoms with Gasteiger partial charge in [0.2, 0.25) is 0 Å². The Morgan fingerprint density at radius 2 is 1.88 bits per heavy atom. The molecule has 2 aromatic rings. The molecule has 1 amide bonds. The molecule has 3 rings (SSSR count). The number of Topliss-reactive ketones (excluding diaryl/α,β-unsaturated/α-hetero) is 1. The first-order valence-electron chi connectivity index (χ1n) is 7.83. The van der Waals surface area contributed by atoms with E-state index >= 15 is 0 Å². The number of carbonyl (C=O) groups excluding carboxylic acids is 2. The topological polar surface area (TPSA) is 46.6 Å². The van der Waals surface area contributed by atoms with Crippen LogP contribution in [-0.2, 0) is 4.79 Å². The highest BCUT2D eigenvalue weighted by Crippen LogP contribution is 2.31. The van der Waals surface area contributed by atoms with Gasteiger partial charge in [0.25, 0.3) is 11.7 Å². The lowest BCUT2D eigenvalue weighted by atomic mass is 10.1. The number of ether oxygens (including phenoxy) is 1. The fourth-order valence-corrected chi connectivity index (χ4v) is 3.12. The molecular weight excluding hydrogens is 370 g/mol. The van der Waals surface area contributed by atoms with Crippen molar-refractivity contribution in [1.29, 1.82) is 0 Å². The van der Waals surface area contributed by atoms with E-state index < -0.39 is 11.7 Å². The Balaban J connectivity index is 1.62. The number of carbonyl (C=O) groups is 2. The number of ketones is 1. The Kier molecular flexibility index (Phi) is 4.71. The van der Waals surface area contributed by atoms with E-state index in [1.54, 1.807) is 12.1 Å². The molecule has 0 bridgehead atoms. The second kappa shape index (κ2) is 6.77. The Morgan fingerprint density at radius 1 is 1.08 bits per heavy atom. The van der Waals surface area contributed by atoms with E-state index in [0.717, 1.165) is 21.3 Å². The third kappa shape index (κ3) is 3.22. The second-order valence-corrected chi connectivity index (χ2v) is 6.83. The quantitative estimate of drug-likeness (QED) is 0.573. The number of benzene rings is 2. The zero-order valence-corrected chi connectivity index (χ0v) is 15.2. The molecule has 1 heterocycles. The van der Waals surface area contributed by atoms with Crippen LogP contribution in [0.15, 0.2) is 40.9 Å². The van der Waals surface area contributed by atoms with Crippen molar-refractivity contribution < 1.29 is 14.3 Å². The van der Waals surface area contributed by atoms with Gasteiger partial charge in [-0.2, -0.15) is 0 Å². The lowest BCUT2D eigenvalue weighted by Gasteiger charge is -2.17. The molecule has 0 radical (unpaired) electrons. The predicted molar refractivity (Wildman–Crippen MR) is 96.9 cm³/mol. The van der Waals surface area contributed by atoms with Gasteiger partial charge >= 0.3 is 0 Å². The summed E-state index contributed by atoms with van der Waals surface area (Å²) < 4.78 is 6.61. The van der Waals surface area contributed by atoms with Gasteiger partial charge in [-0.25, -0.2) is 0 Å². The number of nitrogens with zero attached hydrogens (tertiary/aromatic N) is 1. The molecular formula is C19H18BrNO3. The van der Waals surface area contributed by atoms with Gasteiger partial charge in [0.1, 0.15) is 5.75 Å². The van der Waals surface area contributed by atoms with E-state index in [2.05, 4.69) is 15.9 Å². The third-order valence-corrected chi connectivity index (χ3v) is 4.55. The fraction of sp³-hybridized carbons (Fsp3) is 0.263. The van der Waals surface area contributed by atoms with Crippen LogP contribution in [0.1, 0.15) is 27.9 Å². The lowest BCUT2D eigenvalue weighted by Crippen LogP contribution is -2.31. The number of rotatable bonds is 5. The summed E-state index contributed by atoms with van der Waals surface area (Å²) in [7, 11) is 0. The molecule has 124 valence electrons.